The lowest BCUT2D eigenvalue weighted by Crippen LogP contribution is -2.24. The lowest BCUT2D eigenvalue weighted by atomic mass is 10.1. The molecular formula is C19H16F2N2O2S. The van der Waals surface area contributed by atoms with Crippen molar-refractivity contribution in [1.82, 2.24) is 9.55 Å². The predicted molar refractivity (Wildman–Crippen MR) is 97.7 cm³/mol. The summed E-state index contributed by atoms with van der Waals surface area (Å²) < 4.78 is 28.7. The van der Waals surface area contributed by atoms with Crippen molar-refractivity contribution in [2.24, 2.45) is 0 Å². The fraction of sp³-hybridized carbons (Fsp3) is 0.211. The molecule has 0 bridgehead atoms. The molecule has 7 heteroatoms. The molecule has 1 heterocycles. The van der Waals surface area contributed by atoms with Crippen LogP contribution in [0, 0.1) is 11.6 Å². The Morgan fingerprint density at radius 3 is 2.69 bits per heavy atom. The second-order valence-corrected chi connectivity index (χ2v) is 7.02. The third kappa shape index (κ3) is 3.39. The predicted octanol–water partition coefficient (Wildman–Crippen LogP) is 4.06. The van der Waals surface area contributed by atoms with Crippen molar-refractivity contribution < 1.29 is 13.6 Å². The first-order valence-electron chi connectivity index (χ1n) is 8.08. The largest absolute Gasteiger partial charge is 0.293 e. The van der Waals surface area contributed by atoms with Crippen molar-refractivity contribution in [3.63, 3.8) is 0 Å². The van der Waals surface area contributed by atoms with Crippen LogP contribution in [0.25, 0.3) is 10.9 Å². The Kier molecular flexibility index (Phi) is 5.18. The van der Waals surface area contributed by atoms with Crippen LogP contribution in [-0.2, 0) is 6.54 Å². The summed E-state index contributed by atoms with van der Waals surface area (Å²) in [5.74, 6) is -2.01. The van der Waals surface area contributed by atoms with Crippen LogP contribution in [-0.4, -0.2) is 20.6 Å². The highest BCUT2D eigenvalue weighted by Crippen LogP contribution is 2.26. The van der Waals surface area contributed by atoms with E-state index in [1.54, 1.807) is 38.1 Å². The molecule has 0 aliphatic carbocycles. The Hall–Kier alpha value is -2.54. The molecule has 0 spiro atoms. The standard InChI is InChI=1S/C19H16F2N2O2S/c1-3-23-18(25)13-6-4-5-7-16(13)22-19(23)26-11(2)17(24)14-10-12(20)8-9-15(14)21/h4-11H,3H2,1-2H3. The summed E-state index contributed by atoms with van der Waals surface area (Å²) in [5.41, 5.74) is 0.0228. The van der Waals surface area contributed by atoms with E-state index < -0.39 is 22.7 Å². The van der Waals surface area contributed by atoms with E-state index in [1.807, 2.05) is 0 Å². The number of aromatic nitrogens is 2. The molecule has 1 atom stereocenters. The van der Waals surface area contributed by atoms with E-state index in [2.05, 4.69) is 4.98 Å². The van der Waals surface area contributed by atoms with Gasteiger partial charge >= 0.3 is 0 Å². The lowest BCUT2D eigenvalue weighted by molar-refractivity contribution is 0.0989. The molecule has 3 aromatic rings. The van der Waals surface area contributed by atoms with Gasteiger partial charge in [0.25, 0.3) is 5.56 Å². The van der Waals surface area contributed by atoms with Crippen molar-refractivity contribution in [3.05, 3.63) is 70.0 Å². The number of fused-ring (bicyclic) bond motifs is 1. The van der Waals surface area contributed by atoms with Crippen molar-refractivity contribution in [1.29, 1.82) is 0 Å². The van der Waals surface area contributed by atoms with E-state index in [4.69, 9.17) is 0 Å². The molecule has 0 amide bonds. The fourth-order valence-electron chi connectivity index (χ4n) is 2.63. The Labute approximate surface area is 152 Å². The zero-order chi connectivity index (χ0) is 18.8. The summed E-state index contributed by atoms with van der Waals surface area (Å²) >= 11 is 1.05. The Morgan fingerprint density at radius 1 is 1.23 bits per heavy atom. The summed E-state index contributed by atoms with van der Waals surface area (Å²) in [7, 11) is 0. The molecule has 1 aromatic heterocycles. The van der Waals surface area contributed by atoms with E-state index >= 15 is 0 Å². The first-order valence-corrected chi connectivity index (χ1v) is 8.95. The van der Waals surface area contributed by atoms with Gasteiger partial charge in [-0.1, -0.05) is 23.9 Å². The van der Waals surface area contributed by atoms with Gasteiger partial charge in [-0.3, -0.25) is 14.2 Å². The maximum Gasteiger partial charge on any atom is 0.262 e. The van der Waals surface area contributed by atoms with Gasteiger partial charge in [0.05, 0.1) is 21.7 Å². The fourth-order valence-corrected chi connectivity index (χ4v) is 3.67. The van der Waals surface area contributed by atoms with Crippen molar-refractivity contribution in [2.45, 2.75) is 30.8 Å². The monoisotopic (exact) mass is 374 g/mol. The first kappa shape index (κ1) is 18.3. The van der Waals surface area contributed by atoms with Gasteiger partial charge in [-0.2, -0.15) is 0 Å². The number of hydrogen-bond donors (Lipinski definition) is 0. The number of nitrogens with zero attached hydrogens (tertiary/aromatic N) is 2. The molecule has 0 N–H and O–H groups in total. The zero-order valence-corrected chi connectivity index (χ0v) is 15.0. The third-order valence-corrected chi connectivity index (χ3v) is 5.08. The maximum atomic E-state index is 13.9. The molecule has 134 valence electrons. The summed E-state index contributed by atoms with van der Waals surface area (Å²) in [4.78, 5) is 29.6. The Balaban J connectivity index is 1.99. The van der Waals surface area contributed by atoms with Gasteiger partial charge in [0, 0.05) is 6.54 Å². The van der Waals surface area contributed by atoms with Gasteiger partial charge in [-0.15, -0.1) is 0 Å². The van der Waals surface area contributed by atoms with E-state index in [0.29, 0.717) is 22.6 Å². The first-order chi connectivity index (χ1) is 12.4. The third-order valence-electron chi connectivity index (χ3n) is 3.99. The molecule has 0 saturated carbocycles. The number of Topliss-reactive ketones (excluding diaryl/α,β-unsaturated/α-hetero) is 1. The number of carbonyl (C=O) groups is 1. The van der Waals surface area contributed by atoms with Crippen LogP contribution in [0.1, 0.15) is 24.2 Å². The second kappa shape index (κ2) is 7.37. The average Bonchev–Trinajstić information content (AvgIpc) is 2.63. The molecule has 2 aromatic carbocycles. The molecule has 1 unspecified atom stereocenters. The highest BCUT2D eigenvalue weighted by atomic mass is 32.2. The second-order valence-electron chi connectivity index (χ2n) is 5.71. The van der Waals surface area contributed by atoms with E-state index in [-0.39, 0.29) is 11.1 Å². The summed E-state index contributed by atoms with van der Waals surface area (Å²) in [5, 5.41) is 0.125. The van der Waals surface area contributed by atoms with Gasteiger partial charge in [0.1, 0.15) is 11.6 Å². The number of ketones is 1. The van der Waals surface area contributed by atoms with Crippen LogP contribution in [0.3, 0.4) is 0 Å². The average molecular weight is 374 g/mol. The minimum Gasteiger partial charge on any atom is -0.293 e. The van der Waals surface area contributed by atoms with Crippen LogP contribution in [0.15, 0.2) is 52.4 Å². The number of carbonyl (C=O) groups excluding carboxylic acids is 1. The quantitative estimate of drug-likeness (QED) is 0.384. The van der Waals surface area contributed by atoms with Gasteiger partial charge < -0.3 is 0 Å². The van der Waals surface area contributed by atoms with Crippen molar-refractivity contribution in [2.75, 3.05) is 0 Å². The van der Waals surface area contributed by atoms with Gasteiger partial charge in [0.15, 0.2) is 10.9 Å². The number of hydrogen-bond acceptors (Lipinski definition) is 4. The Bertz CT molecular complexity index is 1050. The topological polar surface area (TPSA) is 52.0 Å². The van der Waals surface area contributed by atoms with Gasteiger partial charge in [0.2, 0.25) is 0 Å². The van der Waals surface area contributed by atoms with Crippen LogP contribution < -0.4 is 5.56 Å². The van der Waals surface area contributed by atoms with Gasteiger partial charge in [-0.25, -0.2) is 13.8 Å². The summed E-state index contributed by atoms with van der Waals surface area (Å²) in [6, 6.07) is 9.73. The van der Waals surface area contributed by atoms with Crippen molar-refractivity contribution in [3.8, 4) is 0 Å². The molecule has 0 fully saturated rings. The zero-order valence-electron chi connectivity index (χ0n) is 14.2. The molecule has 4 nitrogen and oxygen atoms in total. The minimum absolute atomic E-state index is 0.197. The molecule has 0 radical (unpaired) electrons. The highest BCUT2D eigenvalue weighted by molar-refractivity contribution is 8.00. The van der Waals surface area contributed by atoms with Crippen LogP contribution in [0.2, 0.25) is 0 Å². The molecule has 3 rings (SSSR count). The molecule has 26 heavy (non-hydrogen) atoms. The minimum atomic E-state index is -0.775. The number of halogens is 2. The van der Waals surface area contributed by atoms with Crippen LogP contribution >= 0.6 is 11.8 Å². The van der Waals surface area contributed by atoms with E-state index in [9.17, 15) is 18.4 Å². The van der Waals surface area contributed by atoms with Crippen LogP contribution in [0.5, 0.6) is 0 Å². The number of rotatable bonds is 5. The molecular weight excluding hydrogens is 358 g/mol. The summed E-state index contributed by atoms with van der Waals surface area (Å²) in [6.07, 6.45) is 0. The van der Waals surface area contributed by atoms with Crippen LogP contribution in [0.4, 0.5) is 8.78 Å². The molecule has 0 aliphatic rings. The normalized spacial score (nSPS) is 12.3. The smallest absolute Gasteiger partial charge is 0.262 e. The maximum absolute atomic E-state index is 13.9. The number of thioether (sulfide) groups is 1. The lowest BCUT2D eigenvalue weighted by Gasteiger charge is -2.15. The highest BCUT2D eigenvalue weighted by Gasteiger charge is 2.23. The molecule has 0 saturated heterocycles. The van der Waals surface area contributed by atoms with E-state index in [1.165, 1.54) is 4.57 Å². The van der Waals surface area contributed by atoms with Crippen molar-refractivity contribution >= 4 is 28.4 Å². The SMILES string of the molecule is CCn1c(SC(C)C(=O)c2cc(F)ccc2F)nc2ccccc2c1=O. The Morgan fingerprint density at radius 2 is 1.96 bits per heavy atom. The summed E-state index contributed by atoms with van der Waals surface area (Å²) in [6.45, 7) is 3.77. The number of benzene rings is 2. The van der Waals surface area contributed by atoms with Gasteiger partial charge in [-0.05, 0) is 44.2 Å². The number of para-hydroxylation sites is 1. The molecule has 0 aliphatic heterocycles. The van der Waals surface area contributed by atoms with E-state index in [0.717, 1.165) is 30.0 Å².